The molecular formula is C20H17BrN2O5. The maximum absolute atomic E-state index is 12.2. The van der Waals surface area contributed by atoms with Gasteiger partial charge in [-0.3, -0.25) is 9.59 Å². The van der Waals surface area contributed by atoms with Crippen molar-refractivity contribution in [3.63, 3.8) is 0 Å². The van der Waals surface area contributed by atoms with Crippen LogP contribution in [0.2, 0.25) is 0 Å². The lowest BCUT2D eigenvalue weighted by Gasteiger charge is -2.11. The van der Waals surface area contributed by atoms with E-state index in [1.807, 2.05) is 6.07 Å². The van der Waals surface area contributed by atoms with Crippen molar-refractivity contribution in [2.45, 2.75) is 0 Å². The van der Waals surface area contributed by atoms with Gasteiger partial charge in [-0.15, -0.1) is 0 Å². The number of carbonyl (C=O) groups is 2. The van der Waals surface area contributed by atoms with Crippen LogP contribution in [0.15, 0.2) is 69.8 Å². The van der Waals surface area contributed by atoms with E-state index < -0.39 is 5.91 Å². The largest absolute Gasteiger partial charge is 0.493 e. The van der Waals surface area contributed by atoms with Crippen LogP contribution in [0.4, 0.5) is 11.4 Å². The highest BCUT2D eigenvalue weighted by molar-refractivity contribution is 9.10. The average molecular weight is 445 g/mol. The van der Waals surface area contributed by atoms with Crippen molar-refractivity contribution < 1.29 is 23.5 Å². The zero-order chi connectivity index (χ0) is 19.9. The predicted molar refractivity (Wildman–Crippen MR) is 108 cm³/mol. The Hall–Kier alpha value is -3.26. The van der Waals surface area contributed by atoms with Gasteiger partial charge in [0.1, 0.15) is 0 Å². The third-order valence-corrected chi connectivity index (χ3v) is 4.06. The molecule has 2 N–H and O–H groups in total. The third-order valence-electron chi connectivity index (χ3n) is 3.63. The Labute approximate surface area is 169 Å². The van der Waals surface area contributed by atoms with Gasteiger partial charge in [-0.25, -0.2) is 0 Å². The van der Waals surface area contributed by atoms with Gasteiger partial charge in [0.05, 0.1) is 7.11 Å². The van der Waals surface area contributed by atoms with Crippen molar-refractivity contribution >= 4 is 39.1 Å². The van der Waals surface area contributed by atoms with E-state index >= 15 is 0 Å². The number of hydrogen-bond acceptors (Lipinski definition) is 5. The van der Waals surface area contributed by atoms with E-state index in [1.54, 1.807) is 54.6 Å². The molecule has 144 valence electrons. The van der Waals surface area contributed by atoms with Crippen molar-refractivity contribution in [2.24, 2.45) is 0 Å². The lowest BCUT2D eigenvalue weighted by molar-refractivity contribution is -0.118. The summed E-state index contributed by atoms with van der Waals surface area (Å²) in [5, 5.41) is 5.43. The summed E-state index contributed by atoms with van der Waals surface area (Å²) in [6, 6.07) is 17.0. The van der Waals surface area contributed by atoms with E-state index in [4.69, 9.17) is 13.9 Å². The third kappa shape index (κ3) is 5.14. The minimum Gasteiger partial charge on any atom is -0.493 e. The fourth-order valence-electron chi connectivity index (χ4n) is 2.38. The van der Waals surface area contributed by atoms with Gasteiger partial charge < -0.3 is 24.5 Å². The molecule has 0 spiro atoms. The fourth-order valence-corrected chi connectivity index (χ4v) is 2.69. The number of halogens is 1. The molecule has 7 nitrogen and oxygen atoms in total. The Morgan fingerprint density at radius 3 is 2.36 bits per heavy atom. The van der Waals surface area contributed by atoms with Gasteiger partial charge in [-0.2, -0.15) is 0 Å². The summed E-state index contributed by atoms with van der Waals surface area (Å²) in [6.07, 6.45) is 0. The van der Waals surface area contributed by atoms with E-state index in [0.29, 0.717) is 27.5 Å². The standard InChI is InChI=1S/C20H17BrN2O5/c1-26-15-7-2-3-8-16(15)27-12-19(24)22-13-5-4-6-14(11-13)23-20(25)17-9-10-18(21)28-17/h2-11H,12H2,1H3,(H,22,24)(H,23,25). The van der Waals surface area contributed by atoms with Gasteiger partial charge >= 0.3 is 0 Å². The van der Waals surface area contributed by atoms with Gasteiger partial charge in [0, 0.05) is 11.4 Å². The zero-order valence-corrected chi connectivity index (χ0v) is 16.5. The Morgan fingerprint density at radius 1 is 0.964 bits per heavy atom. The number of hydrogen-bond donors (Lipinski definition) is 2. The number of anilines is 2. The summed E-state index contributed by atoms with van der Waals surface area (Å²) in [6.45, 7) is -0.183. The molecule has 3 rings (SSSR count). The molecule has 0 saturated heterocycles. The van der Waals surface area contributed by atoms with E-state index in [9.17, 15) is 9.59 Å². The molecule has 0 atom stereocenters. The van der Waals surface area contributed by atoms with Gasteiger partial charge in [0.2, 0.25) is 0 Å². The summed E-state index contributed by atoms with van der Waals surface area (Å²) >= 11 is 3.15. The van der Waals surface area contributed by atoms with Crippen molar-refractivity contribution in [2.75, 3.05) is 24.4 Å². The first-order valence-electron chi connectivity index (χ1n) is 8.27. The Bertz CT molecular complexity index is 986. The molecule has 1 heterocycles. The first-order chi connectivity index (χ1) is 13.5. The Morgan fingerprint density at radius 2 is 1.68 bits per heavy atom. The SMILES string of the molecule is COc1ccccc1OCC(=O)Nc1cccc(NC(=O)c2ccc(Br)o2)c1. The van der Waals surface area contributed by atoms with Crippen LogP contribution in [0.3, 0.4) is 0 Å². The second kappa shape index (κ2) is 9.09. The molecule has 28 heavy (non-hydrogen) atoms. The summed E-state index contributed by atoms with van der Waals surface area (Å²) in [5.74, 6) is 0.458. The van der Waals surface area contributed by atoms with Crippen LogP contribution < -0.4 is 20.1 Å². The highest BCUT2D eigenvalue weighted by Gasteiger charge is 2.12. The molecule has 0 bridgehead atoms. The van der Waals surface area contributed by atoms with E-state index in [-0.39, 0.29) is 18.3 Å². The maximum Gasteiger partial charge on any atom is 0.291 e. The van der Waals surface area contributed by atoms with Gasteiger partial charge in [-0.1, -0.05) is 18.2 Å². The molecule has 2 aromatic carbocycles. The van der Waals surface area contributed by atoms with Crippen LogP contribution in [-0.2, 0) is 4.79 Å². The van der Waals surface area contributed by atoms with Crippen LogP contribution in [0.25, 0.3) is 0 Å². The lowest BCUT2D eigenvalue weighted by atomic mass is 10.2. The molecule has 0 aliphatic rings. The normalized spacial score (nSPS) is 10.2. The highest BCUT2D eigenvalue weighted by atomic mass is 79.9. The minimum atomic E-state index is -0.395. The average Bonchev–Trinajstić information content (AvgIpc) is 3.13. The zero-order valence-electron chi connectivity index (χ0n) is 14.9. The highest BCUT2D eigenvalue weighted by Crippen LogP contribution is 2.25. The first kappa shape index (κ1) is 19.5. The Kier molecular flexibility index (Phi) is 6.33. The molecule has 0 fully saturated rings. The number of ether oxygens (including phenoxy) is 2. The fraction of sp³-hybridized carbons (Fsp3) is 0.100. The van der Waals surface area contributed by atoms with Crippen LogP contribution in [-0.4, -0.2) is 25.5 Å². The number of carbonyl (C=O) groups excluding carboxylic acids is 2. The predicted octanol–water partition coefficient (Wildman–Crippen LogP) is 4.32. The number of para-hydroxylation sites is 2. The molecule has 8 heteroatoms. The van der Waals surface area contributed by atoms with Gasteiger partial charge in [-0.05, 0) is 58.4 Å². The van der Waals surface area contributed by atoms with Crippen LogP contribution in [0, 0.1) is 0 Å². The topological polar surface area (TPSA) is 89.8 Å². The number of methoxy groups -OCH3 is 1. The minimum absolute atomic E-state index is 0.173. The molecule has 0 unspecified atom stereocenters. The molecule has 3 aromatic rings. The summed E-state index contributed by atoms with van der Waals surface area (Å²) in [5.41, 5.74) is 1.04. The summed E-state index contributed by atoms with van der Waals surface area (Å²) in [4.78, 5) is 24.3. The summed E-state index contributed by atoms with van der Waals surface area (Å²) < 4.78 is 16.4. The van der Waals surface area contributed by atoms with Crippen LogP contribution in [0.5, 0.6) is 11.5 Å². The first-order valence-corrected chi connectivity index (χ1v) is 9.07. The lowest BCUT2D eigenvalue weighted by Crippen LogP contribution is -2.20. The second-order valence-electron chi connectivity index (χ2n) is 5.63. The smallest absolute Gasteiger partial charge is 0.291 e. The Balaban J connectivity index is 1.57. The number of rotatable bonds is 7. The van der Waals surface area contributed by atoms with E-state index in [1.165, 1.54) is 7.11 Å². The van der Waals surface area contributed by atoms with Crippen molar-refractivity contribution in [3.8, 4) is 11.5 Å². The molecule has 0 saturated carbocycles. The molecule has 0 aliphatic carbocycles. The van der Waals surface area contributed by atoms with Crippen LogP contribution in [0.1, 0.15) is 10.6 Å². The molecule has 1 aromatic heterocycles. The molecule has 0 radical (unpaired) electrons. The molecular weight excluding hydrogens is 428 g/mol. The quantitative estimate of drug-likeness (QED) is 0.566. The number of furan rings is 1. The summed E-state index contributed by atoms with van der Waals surface area (Å²) in [7, 11) is 1.53. The van der Waals surface area contributed by atoms with Gasteiger partial charge in [0.25, 0.3) is 11.8 Å². The van der Waals surface area contributed by atoms with Crippen molar-refractivity contribution in [3.05, 3.63) is 71.1 Å². The molecule has 2 amide bonds. The van der Waals surface area contributed by atoms with E-state index in [0.717, 1.165) is 0 Å². The van der Waals surface area contributed by atoms with Gasteiger partial charge in [0.15, 0.2) is 28.5 Å². The second-order valence-corrected chi connectivity index (χ2v) is 6.41. The number of nitrogens with one attached hydrogen (secondary N) is 2. The monoisotopic (exact) mass is 444 g/mol. The maximum atomic E-state index is 12.2. The van der Waals surface area contributed by atoms with Crippen LogP contribution >= 0.6 is 15.9 Å². The van der Waals surface area contributed by atoms with Crippen molar-refractivity contribution in [1.82, 2.24) is 0 Å². The van der Waals surface area contributed by atoms with Crippen molar-refractivity contribution in [1.29, 1.82) is 0 Å². The number of amides is 2. The molecule has 0 aliphatic heterocycles. The van der Waals surface area contributed by atoms with E-state index in [2.05, 4.69) is 26.6 Å². The number of benzene rings is 2.